The number of rotatable bonds is 4. The molecule has 1 atom stereocenters. The van der Waals surface area contributed by atoms with E-state index in [-0.39, 0.29) is 11.4 Å². The Labute approximate surface area is 105 Å². The van der Waals surface area contributed by atoms with Crippen molar-refractivity contribution < 1.29 is 13.5 Å². The Balaban J connectivity index is 2.42. The van der Waals surface area contributed by atoms with E-state index in [1.807, 2.05) is 0 Å². The number of benzene rings is 1. The Bertz CT molecular complexity index is 661. The zero-order valence-corrected chi connectivity index (χ0v) is 10.7. The van der Waals surface area contributed by atoms with Gasteiger partial charge in [0, 0.05) is 29.3 Å². The number of anilines is 1. The van der Waals surface area contributed by atoms with E-state index in [0.29, 0.717) is 16.6 Å². The van der Waals surface area contributed by atoms with Crippen LogP contribution in [-0.2, 0) is 10.0 Å². The predicted octanol–water partition coefficient (Wildman–Crippen LogP) is 0.409. The molecular formula is C11H15N3O3S. The molecular weight excluding hydrogens is 254 g/mol. The third-order valence-electron chi connectivity index (χ3n) is 2.53. The van der Waals surface area contributed by atoms with E-state index in [1.54, 1.807) is 18.2 Å². The van der Waals surface area contributed by atoms with Crippen LogP contribution in [0.1, 0.15) is 6.92 Å². The van der Waals surface area contributed by atoms with Crippen molar-refractivity contribution >= 4 is 26.6 Å². The van der Waals surface area contributed by atoms with Crippen molar-refractivity contribution in [2.75, 3.05) is 12.3 Å². The van der Waals surface area contributed by atoms with Crippen LogP contribution in [-0.4, -0.2) is 31.2 Å². The topological polar surface area (TPSA) is 108 Å². The van der Waals surface area contributed by atoms with Gasteiger partial charge in [-0.2, -0.15) is 0 Å². The molecule has 1 aromatic heterocycles. The van der Waals surface area contributed by atoms with Gasteiger partial charge in [-0.25, -0.2) is 13.1 Å². The van der Waals surface area contributed by atoms with E-state index >= 15 is 0 Å². The number of hydrogen-bond acceptors (Lipinski definition) is 4. The lowest BCUT2D eigenvalue weighted by Crippen LogP contribution is -2.30. The third kappa shape index (κ3) is 2.47. The van der Waals surface area contributed by atoms with Gasteiger partial charge in [0.15, 0.2) is 0 Å². The van der Waals surface area contributed by atoms with E-state index in [9.17, 15) is 8.42 Å². The van der Waals surface area contributed by atoms with E-state index in [0.717, 1.165) is 0 Å². The summed E-state index contributed by atoms with van der Waals surface area (Å²) >= 11 is 0. The zero-order chi connectivity index (χ0) is 13.3. The lowest BCUT2D eigenvalue weighted by atomic mass is 10.2. The summed E-state index contributed by atoms with van der Waals surface area (Å²) in [5.74, 6) is 0. The quantitative estimate of drug-likeness (QED) is 0.603. The van der Waals surface area contributed by atoms with E-state index in [2.05, 4.69) is 9.71 Å². The molecule has 0 radical (unpaired) electrons. The van der Waals surface area contributed by atoms with Crippen LogP contribution in [0.2, 0.25) is 0 Å². The average molecular weight is 269 g/mol. The van der Waals surface area contributed by atoms with Crippen molar-refractivity contribution in [2.24, 2.45) is 0 Å². The number of aliphatic hydroxyl groups is 1. The van der Waals surface area contributed by atoms with Crippen LogP contribution >= 0.6 is 0 Å². The number of nitrogens with one attached hydrogen (secondary N) is 2. The van der Waals surface area contributed by atoms with Crippen LogP contribution in [0.15, 0.2) is 29.3 Å². The van der Waals surface area contributed by atoms with E-state index in [4.69, 9.17) is 10.8 Å². The molecule has 0 aliphatic carbocycles. The number of nitrogen functional groups attached to an aromatic ring is 1. The van der Waals surface area contributed by atoms with Crippen molar-refractivity contribution in [3.05, 3.63) is 24.4 Å². The zero-order valence-electron chi connectivity index (χ0n) is 9.84. The molecule has 1 heterocycles. The largest absolute Gasteiger partial charge is 0.399 e. The van der Waals surface area contributed by atoms with Crippen LogP contribution in [0.3, 0.4) is 0 Å². The highest BCUT2D eigenvalue weighted by Crippen LogP contribution is 2.24. The van der Waals surface area contributed by atoms with Gasteiger partial charge in [0.25, 0.3) is 0 Å². The molecule has 0 saturated heterocycles. The lowest BCUT2D eigenvalue weighted by Gasteiger charge is -2.07. The maximum Gasteiger partial charge on any atom is 0.242 e. The van der Waals surface area contributed by atoms with Gasteiger partial charge in [0.2, 0.25) is 10.0 Å². The highest BCUT2D eigenvalue weighted by molar-refractivity contribution is 7.89. The molecule has 2 aromatic rings. The SMILES string of the molecule is C[C@H](O)CNS(=O)(=O)c1c[nH]c2cc(N)ccc12. The van der Waals surface area contributed by atoms with Gasteiger partial charge in [-0.1, -0.05) is 0 Å². The standard InChI is InChI=1S/C11H15N3O3S/c1-7(15)5-14-18(16,17)11-6-13-10-4-8(12)2-3-9(10)11/h2-4,6-7,13-15H,5,12H2,1H3/t7-/m0/s1. The van der Waals surface area contributed by atoms with E-state index < -0.39 is 16.1 Å². The first kappa shape index (κ1) is 12.9. The second-order valence-electron chi connectivity index (χ2n) is 4.16. The summed E-state index contributed by atoms with van der Waals surface area (Å²) in [5.41, 5.74) is 6.84. The first-order valence-corrected chi connectivity index (χ1v) is 6.93. The number of nitrogens with two attached hydrogens (primary N) is 1. The normalized spacial score (nSPS) is 13.9. The molecule has 0 amide bonds. The Morgan fingerprint density at radius 1 is 1.50 bits per heavy atom. The monoisotopic (exact) mass is 269 g/mol. The maximum atomic E-state index is 12.0. The second kappa shape index (κ2) is 4.60. The minimum Gasteiger partial charge on any atom is -0.399 e. The van der Waals surface area contributed by atoms with Gasteiger partial charge in [0.05, 0.1) is 6.10 Å². The molecule has 0 spiro atoms. The summed E-state index contributed by atoms with van der Waals surface area (Å²) in [5, 5.41) is 9.68. The minimum atomic E-state index is -3.63. The van der Waals surface area contributed by atoms with Crippen LogP contribution in [0.4, 0.5) is 5.69 Å². The number of aromatic amines is 1. The molecule has 0 unspecified atom stereocenters. The van der Waals surface area contributed by atoms with Gasteiger partial charge in [-0.15, -0.1) is 0 Å². The van der Waals surface area contributed by atoms with E-state index in [1.165, 1.54) is 13.1 Å². The molecule has 6 nitrogen and oxygen atoms in total. The van der Waals surface area contributed by atoms with Crippen molar-refractivity contribution in [2.45, 2.75) is 17.9 Å². The molecule has 0 aliphatic rings. The third-order valence-corrected chi connectivity index (χ3v) is 3.99. The summed E-state index contributed by atoms with van der Waals surface area (Å²) in [6.07, 6.45) is 0.676. The summed E-state index contributed by atoms with van der Waals surface area (Å²) in [4.78, 5) is 3.01. The summed E-state index contributed by atoms with van der Waals surface area (Å²) in [6, 6.07) is 4.96. The molecule has 0 aliphatic heterocycles. The summed E-state index contributed by atoms with van der Waals surface area (Å²) < 4.78 is 26.4. The van der Waals surface area contributed by atoms with Gasteiger partial charge >= 0.3 is 0 Å². The number of aliphatic hydroxyl groups excluding tert-OH is 1. The van der Waals surface area contributed by atoms with Crippen molar-refractivity contribution in [3.8, 4) is 0 Å². The van der Waals surface area contributed by atoms with Crippen LogP contribution < -0.4 is 10.5 Å². The number of H-pyrrole nitrogens is 1. The van der Waals surface area contributed by atoms with Crippen LogP contribution in [0, 0.1) is 0 Å². The fraction of sp³-hybridized carbons (Fsp3) is 0.273. The Hall–Kier alpha value is -1.57. The summed E-state index contributed by atoms with van der Waals surface area (Å²) in [7, 11) is -3.63. The van der Waals surface area contributed by atoms with Gasteiger partial charge < -0.3 is 15.8 Å². The number of fused-ring (bicyclic) bond motifs is 1. The van der Waals surface area contributed by atoms with Crippen LogP contribution in [0.25, 0.3) is 10.9 Å². The van der Waals surface area contributed by atoms with Crippen molar-refractivity contribution in [1.29, 1.82) is 0 Å². The highest BCUT2D eigenvalue weighted by atomic mass is 32.2. The molecule has 2 rings (SSSR count). The number of hydrogen-bond donors (Lipinski definition) is 4. The predicted molar refractivity (Wildman–Crippen MR) is 69.6 cm³/mol. The van der Waals surface area contributed by atoms with Gasteiger partial charge in [-0.3, -0.25) is 0 Å². The average Bonchev–Trinajstić information content (AvgIpc) is 2.70. The first-order valence-electron chi connectivity index (χ1n) is 5.44. The minimum absolute atomic E-state index is 0.0238. The molecule has 0 saturated carbocycles. The van der Waals surface area contributed by atoms with Gasteiger partial charge in [-0.05, 0) is 25.1 Å². The fourth-order valence-electron chi connectivity index (χ4n) is 1.65. The molecule has 7 heteroatoms. The lowest BCUT2D eigenvalue weighted by molar-refractivity contribution is 0.198. The smallest absolute Gasteiger partial charge is 0.242 e. The van der Waals surface area contributed by atoms with Crippen LogP contribution in [0.5, 0.6) is 0 Å². The number of aromatic nitrogens is 1. The molecule has 0 fully saturated rings. The number of sulfonamides is 1. The molecule has 0 bridgehead atoms. The van der Waals surface area contributed by atoms with Crippen molar-refractivity contribution in [1.82, 2.24) is 9.71 Å². The summed E-state index contributed by atoms with van der Waals surface area (Å²) in [6.45, 7) is 1.49. The molecule has 98 valence electrons. The molecule has 18 heavy (non-hydrogen) atoms. The maximum absolute atomic E-state index is 12.0. The highest BCUT2D eigenvalue weighted by Gasteiger charge is 2.19. The fourth-order valence-corrected chi connectivity index (χ4v) is 2.95. The Kier molecular flexibility index (Phi) is 3.29. The Morgan fingerprint density at radius 3 is 2.89 bits per heavy atom. The van der Waals surface area contributed by atoms with Crippen molar-refractivity contribution in [3.63, 3.8) is 0 Å². The van der Waals surface area contributed by atoms with Gasteiger partial charge in [0.1, 0.15) is 4.90 Å². The molecule has 5 N–H and O–H groups in total. The second-order valence-corrected chi connectivity index (χ2v) is 5.89. The first-order chi connectivity index (χ1) is 8.40. The Morgan fingerprint density at radius 2 is 2.22 bits per heavy atom. The molecule has 1 aromatic carbocycles.